The fourth-order valence-corrected chi connectivity index (χ4v) is 2.71. The summed E-state index contributed by atoms with van der Waals surface area (Å²) < 4.78 is 10.7. The number of ether oxygens (including phenoxy) is 1. The Morgan fingerprint density at radius 1 is 1.62 bits per heavy atom. The molecule has 2 rings (SSSR count). The Balaban J connectivity index is 1.91. The minimum atomic E-state index is 0.129. The molecule has 3 heteroatoms. The van der Waals surface area contributed by atoms with E-state index in [4.69, 9.17) is 9.15 Å². The number of nitrogens with one attached hydrogen (secondary N) is 1. The molecule has 1 fully saturated rings. The molecule has 2 unspecified atom stereocenters. The van der Waals surface area contributed by atoms with Crippen molar-refractivity contribution < 1.29 is 9.15 Å². The van der Waals surface area contributed by atoms with Crippen molar-refractivity contribution in [3.8, 4) is 0 Å². The first-order valence-electron chi connectivity index (χ1n) is 5.98. The summed E-state index contributed by atoms with van der Waals surface area (Å²) in [6.07, 6.45) is 5.18. The Morgan fingerprint density at radius 2 is 2.50 bits per heavy atom. The molecule has 1 N–H and O–H groups in total. The molecule has 0 aromatic carbocycles. The zero-order valence-corrected chi connectivity index (χ0v) is 10.2. The number of hydrogen-bond acceptors (Lipinski definition) is 3. The quantitative estimate of drug-likeness (QED) is 0.850. The van der Waals surface area contributed by atoms with E-state index in [2.05, 4.69) is 18.3 Å². The van der Waals surface area contributed by atoms with Crippen molar-refractivity contribution in [2.45, 2.75) is 31.7 Å². The molecule has 90 valence electrons. The standard InChI is InChI=1S/C13H21NO2/c1-13(10-15-2)9-11(5-6-14-13)8-12-4-3-7-16-12/h3-4,7,11,14H,5-6,8-10H2,1-2H3. The van der Waals surface area contributed by atoms with Gasteiger partial charge in [-0.15, -0.1) is 0 Å². The van der Waals surface area contributed by atoms with Gasteiger partial charge in [-0.2, -0.15) is 0 Å². The summed E-state index contributed by atoms with van der Waals surface area (Å²) in [5.41, 5.74) is 0.129. The van der Waals surface area contributed by atoms with Crippen LogP contribution in [0, 0.1) is 5.92 Å². The van der Waals surface area contributed by atoms with Crippen LogP contribution in [0.25, 0.3) is 0 Å². The molecule has 2 atom stereocenters. The molecule has 1 aromatic heterocycles. The third kappa shape index (κ3) is 2.86. The molecule has 0 saturated carbocycles. The summed E-state index contributed by atoms with van der Waals surface area (Å²) in [6.45, 7) is 4.09. The van der Waals surface area contributed by atoms with Crippen LogP contribution in [0.3, 0.4) is 0 Å². The van der Waals surface area contributed by atoms with Crippen molar-refractivity contribution in [1.29, 1.82) is 0 Å². The Morgan fingerprint density at radius 3 is 3.19 bits per heavy atom. The Hall–Kier alpha value is -0.800. The third-order valence-electron chi connectivity index (χ3n) is 3.38. The van der Waals surface area contributed by atoms with Gasteiger partial charge in [-0.05, 0) is 44.4 Å². The predicted molar refractivity (Wildman–Crippen MR) is 63.4 cm³/mol. The largest absolute Gasteiger partial charge is 0.469 e. The molecule has 1 aromatic rings. The highest BCUT2D eigenvalue weighted by Crippen LogP contribution is 2.27. The van der Waals surface area contributed by atoms with Gasteiger partial charge in [-0.25, -0.2) is 0 Å². The van der Waals surface area contributed by atoms with Gasteiger partial charge in [-0.3, -0.25) is 0 Å². The van der Waals surface area contributed by atoms with Gasteiger partial charge in [0.15, 0.2) is 0 Å². The normalized spacial score (nSPS) is 30.5. The molecular formula is C13H21NO2. The maximum absolute atomic E-state index is 5.41. The van der Waals surface area contributed by atoms with Crippen LogP contribution in [0.15, 0.2) is 22.8 Å². The number of piperidine rings is 1. The Bertz CT molecular complexity index is 306. The average molecular weight is 223 g/mol. The second-order valence-electron chi connectivity index (χ2n) is 5.06. The first-order chi connectivity index (χ1) is 7.72. The van der Waals surface area contributed by atoms with Crippen LogP contribution in [0.5, 0.6) is 0 Å². The number of furan rings is 1. The summed E-state index contributed by atoms with van der Waals surface area (Å²) >= 11 is 0. The Labute approximate surface area is 97.2 Å². The molecule has 0 radical (unpaired) electrons. The minimum absolute atomic E-state index is 0.129. The monoisotopic (exact) mass is 223 g/mol. The van der Waals surface area contributed by atoms with Crippen molar-refractivity contribution in [2.24, 2.45) is 5.92 Å². The average Bonchev–Trinajstić information content (AvgIpc) is 2.70. The summed E-state index contributed by atoms with van der Waals surface area (Å²) in [6, 6.07) is 4.03. The second kappa shape index (κ2) is 5.02. The molecular weight excluding hydrogens is 202 g/mol. The molecule has 0 amide bonds. The topological polar surface area (TPSA) is 34.4 Å². The maximum atomic E-state index is 5.41. The molecule has 1 aliphatic heterocycles. The lowest BCUT2D eigenvalue weighted by Gasteiger charge is -2.38. The van der Waals surface area contributed by atoms with E-state index in [-0.39, 0.29) is 5.54 Å². The third-order valence-corrected chi connectivity index (χ3v) is 3.38. The minimum Gasteiger partial charge on any atom is -0.469 e. The van der Waals surface area contributed by atoms with E-state index in [1.165, 1.54) is 6.42 Å². The van der Waals surface area contributed by atoms with Crippen LogP contribution in [0.2, 0.25) is 0 Å². The van der Waals surface area contributed by atoms with Gasteiger partial charge >= 0.3 is 0 Å². The van der Waals surface area contributed by atoms with Crippen LogP contribution >= 0.6 is 0 Å². The van der Waals surface area contributed by atoms with Crippen molar-refractivity contribution in [2.75, 3.05) is 20.3 Å². The van der Waals surface area contributed by atoms with Gasteiger partial charge in [-0.1, -0.05) is 0 Å². The molecule has 1 aliphatic rings. The van der Waals surface area contributed by atoms with Gasteiger partial charge in [0.05, 0.1) is 12.9 Å². The molecule has 0 bridgehead atoms. The highest BCUT2D eigenvalue weighted by molar-refractivity contribution is 5.01. The molecule has 1 saturated heterocycles. The van der Waals surface area contributed by atoms with Crippen LogP contribution in [0.1, 0.15) is 25.5 Å². The van der Waals surface area contributed by atoms with E-state index < -0.39 is 0 Å². The van der Waals surface area contributed by atoms with Crippen LogP contribution in [0.4, 0.5) is 0 Å². The number of hydrogen-bond donors (Lipinski definition) is 1. The fraction of sp³-hybridized carbons (Fsp3) is 0.692. The SMILES string of the molecule is COCC1(C)CC(Cc2ccco2)CCN1. The first kappa shape index (κ1) is 11.7. The van der Waals surface area contributed by atoms with Gasteiger partial charge in [0.25, 0.3) is 0 Å². The van der Waals surface area contributed by atoms with Crippen LogP contribution in [-0.2, 0) is 11.2 Å². The highest BCUT2D eigenvalue weighted by atomic mass is 16.5. The van der Waals surface area contributed by atoms with Crippen molar-refractivity contribution in [1.82, 2.24) is 5.32 Å². The van der Waals surface area contributed by atoms with E-state index in [0.29, 0.717) is 5.92 Å². The number of rotatable bonds is 4. The molecule has 0 spiro atoms. The van der Waals surface area contributed by atoms with E-state index in [9.17, 15) is 0 Å². The van der Waals surface area contributed by atoms with Gasteiger partial charge in [0.2, 0.25) is 0 Å². The summed E-state index contributed by atoms with van der Waals surface area (Å²) in [4.78, 5) is 0. The molecule has 0 aliphatic carbocycles. The molecule has 2 heterocycles. The van der Waals surface area contributed by atoms with E-state index in [1.807, 2.05) is 6.07 Å². The van der Waals surface area contributed by atoms with Crippen molar-refractivity contribution in [3.05, 3.63) is 24.2 Å². The Kier molecular flexibility index (Phi) is 3.66. The van der Waals surface area contributed by atoms with E-state index in [0.717, 1.165) is 31.8 Å². The van der Waals surface area contributed by atoms with Crippen molar-refractivity contribution >= 4 is 0 Å². The smallest absolute Gasteiger partial charge is 0.104 e. The lowest BCUT2D eigenvalue weighted by Crippen LogP contribution is -2.52. The van der Waals surface area contributed by atoms with Crippen LogP contribution in [-0.4, -0.2) is 25.8 Å². The second-order valence-corrected chi connectivity index (χ2v) is 5.06. The maximum Gasteiger partial charge on any atom is 0.104 e. The summed E-state index contributed by atoms with van der Waals surface area (Å²) in [7, 11) is 1.77. The van der Waals surface area contributed by atoms with Crippen LogP contribution < -0.4 is 5.32 Å². The van der Waals surface area contributed by atoms with E-state index in [1.54, 1.807) is 13.4 Å². The van der Waals surface area contributed by atoms with Crippen molar-refractivity contribution in [3.63, 3.8) is 0 Å². The fourth-order valence-electron chi connectivity index (χ4n) is 2.71. The summed E-state index contributed by atoms with van der Waals surface area (Å²) in [5.74, 6) is 1.80. The summed E-state index contributed by atoms with van der Waals surface area (Å²) in [5, 5.41) is 3.55. The molecule has 3 nitrogen and oxygen atoms in total. The predicted octanol–water partition coefficient (Wildman–Crippen LogP) is 2.23. The number of methoxy groups -OCH3 is 1. The molecule has 16 heavy (non-hydrogen) atoms. The lowest BCUT2D eigenvalue weighted by molar-refractivity contribution is 0.0820. The van der Waals surface area contributed by atoms with Gasteiger partial charge in [0, 0.05) is 19.1 Å². The van der Waals surface area contributed by atoms with Gasteiger partial charge in [0.1, 0.15) is 5.76 Å². The van der Waals surface area contributed by atoms with Gasteiger partial charge < -0.3 is 14.5 Å². The first-order valence-corrected chi connectivity index (χ1v) is 5.98. The zero-order valence-electron chi connectivity index (χ0n) is 10.2. The van der Waals surface area contributed by atoms with E-state index >= 15 is 0 Å². The highest BCUT2D eigenvalue weighted by Gasteiger charge is 2.31. The lowest BCUT2D eigenvalue weighted by atomic mass is 9.81. The zero-order chi connectivity index (χ0) is 11.4.